The molecule has 0 saturated carbocycles. The molecule has 0 atom stereocenters. The minimum Gasteiger partial charge on any atom is -0.346 e. The number of rotatable bonds is 6. The van der Waals surface area contributed by atoms with Crippen LogP contribution < -0.4 is 10.9 Å². The minimum absolute atomic E-state index is 0.00339. The Hall–Kier alpha value is -3.40. The summed E-state index contributed by atoms with van der Waals surface area (Å²) < 4.78 is 1.16. The zero-order valence-electron chi connectivity index (χ0n) is 14.3. The van der Waals surface area contributed by atoms with Gasteiger partial charge in [0, 0.05) is 18.7 Å². The van der Waals surface area contributed by atoms with Crippen LogP contribution in [0.5, 0.6) is 0 Å². The van der Waals surface area contributed by atoms with Gasteiger partial charge in [0.2, 0.25) is 5.01 Å². The van der Waals surface area contributed by atoms with E-state index in [2.05, 4.69) is 15.5 Å². The molecular formula is C17H15N5O4S. The van der Waals surface area contributed by atoms with E-state index in [9.17, 15) is 19.7 Å². The molecule has 1 aromatic carbocycles. The molecule has 2 aromatic heterocycles. The molecule has 0 aliphatic rings. The number of carbonyl (C=O) groups is 1. The SMILES string of the molecule is Cc1ccc(CNC(=O)c2nnc(Cn3cc([N+](=O)[O-])ccc3=O)s2)cc1. The molecule has 1 amide bonds. The van der Waals surface area contributed by atoms with Gasteiger partial charge in [0.25, 0.3) is 17.2 Å². The molecule has 1 N–H and O–H groups in total. The molecule has 138 valence electrons. The van der Waals surface area contributed by atoms with Gasteiger partial charge in [-0.15, -0.1) is 10.2 Å². The lowest BCUT2D eigenvalue weighted by Crippen LogP contribution is -2.22. The van der Waals surface area contributed by atoms with Gasteiger partial charge in [0.15, 0.2) is 0 Å². The van der Waals surface area contributed by atoms with Crippen molar-refractivity contribution in [2.45, 2.75) is 20.0 Å². The lowest BCUT2D eigenvalue weighted by molar-refractivity contribution is -0.385. The smallest absolute Gasteiger partial charge is 0.285 e. The fourth-order valence-electron chi connectivity index (χ4n) is 2.27. The fourth-order valence-corrected chi connectivity index (χ4v) is 3.02. The fraction of sp³-hybridized carbons (Fsp3) is 0.176. The summed E-state index contributed by atoms with van der Waals surface area (Å²) in [6.45, 7) is 2.35. The van der Waals surface area contributed by atoms with Gasteiger partial charge in [0.05, 0.1) is 17.7 Å². The van der Waals surface area contributed by atoms with Gasteiger partial charge in [-0.3, -0.25) is 19.7 Å². The third kappa shape index (κ3) is 4.61. The van der Waals surface area contributed by atoms with Crippen molar-refractivity contribution >= 4 is 22.9 Å². The van der Waals surface area contributed by atoms with E-state index in [1.807, 2.05) is 31.2 Å². The molecule has 0 radical (unpaired) electrons. The van der Waals surface area contributed by atoms with Gasteiger partial charge in [0.1, 0.15) is 5.01 Å². The molecule has 2 heterocycles. The lowest BCUT2D eigenvalue weighted by Gasteiger charge is -2.03. The van der Waals surface area contributed by atoms with Crippen LogP contribution in [0.3, 0.4) is 0 Å². The molecule has 3 rings (SSSR count). The first-order valence-electron chi connectivity index (χ1n) is 7.93. The van der Waals surface area contributed by atoms with Crippen molar-refractivity contribution in [2.24, 2.45) is 0 Å². The average molecular weight is 385 g/mol. The Morgan fingerprint density at radius 3 is 2.67 bits per heavy atom. The summed E-state index contributed by atoms with van der Waals surface area (Å²) in [5, 5.41) is 21.9. The Morgan fingerprint density at radius 1 is 1.22 bits per heavy atom. The van der Waals surface area contributed by atoms with E-state index in [0.29, 0.717) is 11.6 Å². The predicted octanol–water partition coefficient (Wildman–Crippen LogP) is 1.89. The highest BCUT2D eigenvalue weighted by atomic mass is 32.1. The Balaban J connectivity index is 1.66. The highest BCUT2D eigenvalue weighted by Crippen LogP contribution is 2.13. The first-order valence-corrected chi connectivity index (χ1v) is 8.75. The second kappa shape index (κ2) is 7.87. The summed E-state index contributed by atoms with van der Waals surface area (Å²) in [4.78, 5) is 34.3. The van der Waals surface area contributed by atoms with Crippen molar-refractivity contribution in [3.63, 3.8) is 0 Å². The second-order valence-electron chi connectivity index (χ2n) is 5.78. The van der Waals surface area contributed by atoms with Crippen molar-refractivity contribution in [1.82, 2.24) is 20.1 Å². The summed E-state index contributed by atoms with van der Waals surface area (Å²) in [7, 11) is 0. The van der Waals surface area contributed by atoms with Crippen molar-refractivity contribution in [3.05, 3.63) is 84.2 Å². The summed E-state index contributed by atoms with van der Waals surface area (Å²) in [6, 6.07) is 10.0. The Labute approximate surface area is 157 Å². The largest absolute Gasteiger partial charge is 0.346 e. The van der Waals surface area contributed by atoms with Crippen LogP contribution in [-0.2, 0) is 13.1 Å². The number of pyridine rings is 1. The van der Waals surface area contributed by atoms with Crippen LogP contribution in [0.15, 0.2) is 47.4 Å². The average Bonchev–Trinajstić information content (AvgIpc) is 3.11. The molecule has 3 aromatic rings. The maximum atomic E-state index is 12.2. The molecule has 0 bridgehead atoms. The van der Waals surface area contributed by atoms with Crippen LogP contribution in [-0.4, -0.2) is 25.6 Å². The zero-order valence-corrected chi connectivity index (χ0v) is 15.1. The molecule has 0 fully saturated rings. The van der Waals surface area contributed by atoms with E-state index in [4.69, 9.17) is 0 Å². The molecule has 0 aliphatic carbocycles. The molecule has 0 aliphatic heterocycles. The van der Waals surface area contributed by atoms with Crippen LogP contribution in [0.25, 0.3) is 0 Å². The van der Waals surface area contributed by atoms with E-state index < -0.39 is 10.5 Å². The first kappa shape index (κ1) is 18.4. The molecule has 10 heteroatoms. The van der Waals surface area contributed by atoms with Gasteiger partial charge in [-0.2, -0.15) is 0 Å². The number of nitrogens with zero attached hydrogens (tertiary/aromatic N) is 4. The van der Waals surface area contributed by atoms with Crippen molar-refractivity contribution < 1.29 is 9.72 Å². The van der Waals surface area contributed by atoms with Crippen LogP contribution in [0, 0.1) is 17.0 Å². The van der Waals surface area contributed by atoms with E-state index in [0.717, 1.165) is 45.4 Å². The first-order chi connectivity index (χ1) is 12.9. The summed E-state index contributed by atoms with van der Waals surface area (Å²) in [6.07, 6.45) is 1.14. The summed E-state index contributed by atoms with van der Waals surface area (Å²) >= 11 is 1.03. The summed E-state index contributed by atoms with van der Waals surface area (Å²) in [5.41, 5.74) is 1.49. The molecule has 27 heavy (non-hydrogen) atoms. The van der Waals surface area contributed by atoms with Crippen LogP contribution in [0.4, 0.5) is 5.69 Å². The van der Waals surface area contributed by atoms with Crippen LogP contribution in [0.2, 0.25) is 0 Å². The molecule has 0 saturated heterocycles. The maximum absolute atomic E-state index is 12.2. The van der Waals surface area contributed by atoms with Gasteiger partial charge in [-0.05, 0) is 12.5 Å². The Morgan fingerprint density at radius 2 is 1.96 bits per heavy atom. The van der Waals surface area contributed by atoms with Gasteiger partial charge >= 0.3 is 0 Å². The highest BCUT2D eigenvalue weighted by molar-refractivity contribution is 7.13. The van der Waals surface area contributed by atoms with E-state index >= 15 is 0 Å². The number of hydrogen-bond donors (Lipinski definition) is 1. The van der Waals surface area contributed by atoms with Gasteiger partial charge in [-0.25, -0.2) is 0 Å². The third-order valence-electron chi connectivity index (χ3n) is 3.72. The monoisotopic (exact) mass is 385 g/mol. The lowest BCUT2D eigenvalue weighted by atomic mass is 10.1. The van der Waals surface area contributed by atoms with Gasteiger partial charge < -0.3 is 9.88 Å². The number of carbonyl (C=O) groups excluding carboxylic acids is 1. The molecule has 0 unspecified atom stereocenters. The topological polar surface area (TPSA) is 120 Å². The van der Waals surface area contributed by atoms with Crippen molar-refractivity contribution in [1.29, 1.82) is 0 Å². The molecule has 9 nitrogen and oxygen atoms in total. The van der Waals surface area contributed by atoms with E-state index in [1.165, 1.54) is 0 Å². The van der Waals surface area contributed by atoms with Crippen molar-refractivity contribution in [2.75, 3.05) is 0 Å². The van der Waals surface area contributed by atoms with E-state index in [-0.39, 0.29) is 23.1 Å². The second-order valence-corrected chi connectivity index (χ2v) is 6.84. The highest BCUT2D eigenvalue weighted by Gasteiger charge is 2.14. The number of benzene rings is 1. The zero-order chi connectivity index (χ0) is 19.4. The normalized spacial score (nSPS) is 10.6. The van der Waals surface area contributed by atoms with Crippen molar-refractivity contribution in [3.8, 4) is 0 Å². The third-order valence-corrected chi connectivity index (χ3v) is 4.63. The number of nitrogens with one attached hydrogen (secondary N) is 1. The molecule has 0 spiro atoms. The maximum Gasteiger partial charge on any atom is 0.285 e. The van der Waals surface area contributed by atoms with E-state index in [1.54, 1.807) is 0 Å². The number of aryl methyl sites for hydroxylation is 1. The number of amides is 1. The predicted molar refractivity (Wildman–Crippen MR) is 98.7 cm³/mol. The van der Waals surface area contributed by atoms with Gasteiger partial charge in [-0.1, -0.05) is 41.2 Å². The Kier molecular flexibility index (Phi) is 5.36. The number of aromatic nitrogens is 3. The van der Waals surface area contributed by atoms with Crippen LogP contribution in [0.1, 0.15) is 25.9 Å². The number of nitro groups is 1. The molecular weight excluding hydrogens is 370 g/mol. The Bertz CT molecular complexity index is 1040. The standard InChI is InChI=1S/C17H15N5O4S/c1-11-2-4-12(5-3-11)8-18-16(24)17-20-19-14(27-17)10-21-9-13(22(25)26)6-7-15(21)23/h2-7,9H,8,10H2,1H3,(H,18,24). The minimum atomic E-state index is -0.583. The summed E-state index contributed by atoms with van der Waals surface area (Å²) in [5.74, 6) is -0.370. The quantitative estimate of drug-likeness (QED) is 0.511. The van der Waals surface area contributed by atoms with Crippen LogP contribution >= 0.6 is 11.3 Å². The number of hydrogen-bond acceptors (Lipinski definition) is 7.